The van der Waals surface area contributed by atoms with Crippen LogP contribution in [0.3, 0.4) is 0 Å². The van der Waals surface area contributed by atoms with Crippen LogP contribution in [0.25, 0.3) is 0 Å². The largest absolute Gasteiger partial charge is 0.382 e. The fourth-order valence-electron chi connectivity index (χ4n) is 3.51. The van der Waals surface area contributed by atoms with Crippen LogP contribution in [0.15, 0.2) is 30.5 Å². The van der Waals surface area contributed by atoms with Crippen molar-refractivity contribution in [3.8, 4) is 0 Å². The van der Waals surface area contributed by atoms with Crippen LogP contribution in [0.4, 0.5) is 5.69 Å². The lowest BCUT2D eigenvalue weighted by molar-refractivity contribution is -0.119. The van der Waals surface area contributed by atoms with E-state index < -0.39 is 5.60 Å². The van der Waals surface area contributed by atoms with E-state index in [9.17, 15) is 9.90 Å². The lowest BCUT2D eigenvalue weighted by atomic mass is 10.0. The van der Waals surface area contributed by atoms with E-state index >= 15 is 0 Å². The van der Waals surface area contributed by atoms with Crippen molar-refractivity contribution in [2.24, 2.45) is 0 Å². The second-order valence-corrected chi connectivity index (χ2v) is 6.27. The molecule has 0 saturated carbocycles. The Balaban J connectivity index is 1.43. The van der Waals surface area contributed by atoms with Crippen LogP contribution in [0, 0.1) is 0 Å². The molecule has 1 unspecified atom stereocenters. The molecule has 0 bridgehead atoms. The maximum atomic E-state index is 12.6. The van der Waals surface area contributed by atoms with Gasteiger partial charge in [-0.05, 0) is 24.5 Å². The molecular formula is C16H19N5O2. The first-order chi connectivity index (χ1) is 11.2. The van der Waals surface area contributed by atoms with E-state index in [1.165, 1.54) is 5.56 Å². The van der Waals surface area contributed by atoms with Crippen LogP contribution in [0.1, 0.15) is 17.7 Å². The number of benzene rings is 1. The molecule has 0 radical (unpaired) electrons. The average Bonchev–Trinajstić information content (AvgIpc) is 3.26. The van der Waals surface area contributed by atoms with Crippen molar-refractivity contribution in [1.82, 2.24) is 20.3 Å². The number of fused-ring (bicyclic) bond motifs is 1. The Labute approximate surface area is 133 Å². The molecule has 7 heteroatoms. The van der Waals surface area contributed by atoms with Crippen LogP contribution >= 0.6 is 0 Å². The number of β-amino-alcohol motifs (C(OH)–C–C–N with tert-alkyl or cyclic N) is 1. The van der Waals surface area contributed by atoms with Crippen LogP contribution in [-0.4, -0.2) is 57.5 Å². The predicted molar refractivity (Wildman–Crippen MR) is 83.8 cm³/mol. The van der Waals surface area contributed by atoms with Gasteiger partial charge in [-0.3, -0.25) is 9.69 Å². The normalized spacial score (nSPS) is 24.1. The SMILES string of the molecule is O=C(CN1CCC(O)(c2cn[nH]n2)C1)N1CCc2ccccc21. The van der Waals surface area contributed by atoms with Gasteiger partial charge in [-0.1, -0.05) is 18.2 Å². The molecule has 2 N–H and O–H groups in total. The molecule has 1 atom stereocenters. The molecule has 1 aromatic heterocycles. The molecule has 3 heterocycles. The second kappa shape index (κ2) is 5.43. The highest BCUT2D eigenvalue weighted by molar-refractivity contribution is 5.96. The fourth-order valence-corrected chi connectivity index (χ4v) is 3.51. The Kier molecular flexibility index (Phi) is 3.39. The summed E-state index contributed by atoms with van der Waals surface area (Å²) < 4.78 is 0. The molecule has 120 valence electrons. The lowest BCUT2D eigenvalue weighted by Crippen LogP contribution is -2.40. The van der Waals surface area contributed by atoms with E-state index in [0.717, 1.165) is 18.7 Å². The first-order valence-electron chi connectivity index (χ1n) is 7.85. The highest BCUT2D eigenvalue weighted by Crippen LogP contribution is 2.31. The minimum absolute atomic E-state index is 0.0827. The zero-order valence-electron chi connectivity index (χ0n) is 12.8. The van der Waals surface area contributed by atoms with E-state index in [-0.39, 0.29) is 5.91 Å². The zero-order valence-corrected chi connectivity index (χ0v) is 12.8. The van der Waals surface area contributed by atoms with E-state index in [1.54, 1.807) is 6.20 Å². The first kappa shape index (κ1) is 14.3. The van der Waals surface area contributed by atoms with Gasteiger partial charge in [-0.2, -0.15) is 15.4 Å². The zero-order chi connectivity index (χ0) is 15.9. The minimum Gasteiger partial charge on any atom is -0.382 e. The number of aromatic amines is 1. The van der Waals surface area contributed by atoms with Crippen molar-refractivity contribution in [2.75, 3.05) is 31.1 Å². The van der Waals surface area contributed by atoms with Crippen molar-refractivity contribution in [3.05, 3.63) is 41.7 Å². The van der Waals surface area contributed by atoms with Gasteiger partial charge in [0.15, 0.2) is 0 Å². The summed E-state index contributed by atoms with van der Waals surface area (Å²) in [4.78, 5) is 16.5. The molecule has 4 rings (SSSR count). The number of hydrogen-bond acceptors (Lipinski definition) is 5. The van der Waals surface area contributed by atoms with Crippen LogP contribution in [0.2, 0.25) is 0 Å². The number of rotatable bonds is 3. The van der Waals surface area contributed by atoms with Gasteiger partial charge >= 0.3 is 0 Å². The summed E-state index contributed by atoms with van der Waals surface area (Å²) in [6, 6.07) is 8.03. The Morgan fingerprint density at radius 2 is 2.22 bits per heavy atom. The molecule has 0 aliphatic carbocycles. The van der Waals surface area contributed by atoms with Gasteiger partial charge in [0.1, 0.15) is 11.3 Å². The van der Waals surface area contributed by atoms with Crippen molar-refractivity contribution in [1.29, 1.82) is 0 Å². The molecular weight excluding hydrogens is 294 g/mol. The van der Waals surface area contributed by atoms with Crippen LogP contribution in [-0.2, 0) is 16.8 Å². The topological polar surface area (TPSA) is 85.3 Å². The highest BCUT2D eigenvalue weighted by atomic mass is 16.3. The third-order valence-corrected chi connectivity index (χ3v) is 4.77. The summed E-state index contributed by atoms with van der Waals surface area (Å²) in [7, 11) is 0. The van der Waals surface area contributed by atoms with Gasteiger partial charge in [0.25, 0.3) is 0 Å². The van der Waals surface area contributed by atoms with Crippen molar-refractivity contribution >= 4 is 11.6 Å². The molecule has 1 amide bonds. The number of para-hydroxylation sites is 1. The summed E-state index contributed by atoms with van der Waals surface area (Å²) in [5, 5.41) is 20.9. The summed E-state index contributed by atoms with van der Waals surface area (Å²) in [6.07, 6.45) is 3.01. The van der Waals surface area contributed by atoms with Gasteiger partial charge < -0.3 is 10.0 Å². The number of nitrogens with zero attached hydrogens (tertiary/aromatic N) is 4. The number of aliphatic hydroxyl groups is 1. The number of nitrogens with one attached hydrogen (secondary N) is 1. The minimum atomic E-state index is -1.02. The molecule has 2 aliphatic heterocycles. The van der Waals surface area contributed by atoms with Gasteiger partial charge in [0.2, 0.25) is 5.91 Å². The number of aromatic nitrogens is 3. The Morgan fingerprint density at radius 1 is 1.35 bits per heavy atom. The van der Waals surface area contributed by atoms with Gasteiger partial charge in [0.05, 0.1) is 12.7 Å². The maximum Gasteiger partial charge on any atom is 0.241 e. The summed E-state index contributed by atoms with van der Waals surface area (Å²) in [6.45, 7) is 2.12. The average molecular weight is 313 g/mol. The molecule has 1 fully saturated rings. The third kappa shape index (κ3) is 2.51. The van der Waals surface area contributed by atoms with Crippen LogP contribution < -0.4 is 4.90 Å². The summed E-state index contributed by atoms with van der Waals surface area (Å²) in [5.41, 5.74) is 1.76. The third-order valence-electron chi connectivity index (χ3n) is 4.77. The number of amides is 1. The second-order valence-electron chi connectivity index (χ2n) is 6.27. The van der Waals surface area contributed by atoms with Crippen molar-refractivity contribution in [2.45, 2.75) is 18.4 Å². The monoisotopic (exact) mass is 313 g/mol. The quantitative estimate of drug-likeness (QED) is 0.850. The summed E-state index contributed by atoms with van der Waals surface area (Å²) in [5.74, 6) is 0.0827. The molecule has 2 aliphatic rings. The number of carbonyl (C=O) groups is 1. The molecule has 2 aromatic rings. The predicted octanol–water partition coefficient (Wildman–Crippen LogP) is 0.287. The molecule has 1 saturated heterocycles. The van der Waals surface area contributed by atoms with Crippen LogP contribution in [0.5, 0.6) is 0 Å². The lowest BCUT2D eigenvalue weighted by Gasteiger charge is -2.23. The molecule has 23 heavy (non-hydrogen) atoms. The smallest absolute Gasteiger partial charge is 0.241 e. The van der Waals surface area contributed by atoms with Crippen molar-refractivity contribution < 1.29 is 9.90 Å². The van der Waals surface area contributed by atoms with E-state index in [1.807, 2.05) is 28.0 Å². The van der Waals surface area contributed by atoms with Crippen molar-refractivity contribution in [3.63, 3.8) is 0 Å². The van der Waals surface area contributed by atoms with E-state index in [0.29, 0.717) is 31.7 Å². The number of hydrogen-bond donors (Lipinski definition) is 2. The van der Waals surface area contributed by atoms with Gasteiger partial charge in [0, 0.05) is 25.3 Å². The first-order valence-corrected chi connectivity index (χ1v) is 7.85. The standard InChI is InChI=1S/C16H19N5O2/c22-15(21-7-5-12-3-1-2-4-13(12)21)10-20-8-6-16(23,11-20)14-9-17-19-18-14/h1-4,9,23H,5-8,10-11H2,(H,17,18,19). The maximum absolute atomic E-state index is 12.6. The number of likely N-dealkylation sites (tertiary alicyclic amines) is 1. The Bertz CT molecular complexity index is 717. The fraction of sp³-hybridized carbons (Fsp3) is 0.438. The number of anilines is 1. The summed E-state index contributed by atoms with van der Waals surface area (Å²) >= 11 is 0. The Morgan fingerprint density at radius 3 is 3.04 bits per heavy atom. The molecule has 1 aromatic carbocycles. The number of H-pyrrole nitrogens is 1. The van der Waals surface area contributed by atoms with Gasteiger partial charge in [-0.25, -0.2) is 0 Å². The Hall–Kier alpha value is -2.25. The molecule has 0 spiro atoms. The van der Waals surface area contributed by atoms with Gasteiger partial charge in [-0.15, -0.1) is 0 Å². The highest BCUT2D eigenvalue weighted by Gasteiger charge is 2.40. The van der Waals surface area contributed by atoms with E-state index in [4.69, 9.17) is 0 Å². The van der Waals surface area contributed by atoms with E-state index in [2.05, 4.69) is 21.5 Å². The number of carbonyl (C=O) groups excluding carboxylic acids is 1. The molecule has 7 nitrogen and oxygen atoms in total.